The topological polar surface area (TPSA) is 101 Å². The van der Waals surface area contributed by atoms with E-state index in [0.717, 1.165) is 18.0 Å². The Hall–Kier alpha value is -3.95. The number of anilines is 1. The van der Waals surface area contributed by atoms with Crippen LogP contribution >= 0.6 is 0 Å². The van der Waals surface area contributed by atoms with Gasteiger partial charge in [-0.25, -0.2) is 23.7 Å². The van der Waals surface area contributed by atoms with Crippen LogP contribution in [0.4, 0.5) is 14.6 Å². The zero-order valence-corrected chi connectivity index (χ0v) is 14.5. The van der Waals surface area contributed by atoms with Crippen LogP contribution < -0.4 is 5.32 Å². The monoisotopic (exact) mass is 381 g/mol. The third kappa shape index (κ3) is 3.34. The highest BCUT2D eigenvalue weighted by atomic mass is 19.1. The molecule has 4 aromatic rings. The maximum Gasteiger partial charge on any atom is 0.274 e. The van der Waals surface area contributed by atoms with Gasteiger partial charge in [-0.1, -0.05) is 0 Å². The van der Waals surface area contributed by atoms with Crippen molar-refractivity contribution in [1.29, 1.82) is 0 Å². The summed E-state index contributed by atoms with van der Waals surface area (Å²) in [5.41, 5.74) is 0.356. The number of carbonyl (C=O) groups excluding carboxylic acids is 1. The molecule has 0 aliphatic heterocycles. The zero-order chi connectivity index (χ0) is 19.7. The molecule has 0 fully saturated rings. The number of carbonyl (C=O) groups is 1. The Morgan fingerprint density at radius 1 is 1.14 bits per heavy atom. The van der Waals surface area contributed by atoms with Crippen molar-refractivity contribution in [3.05, 3.63) is 72.2 Å². The number of halogens is 2. The smallest absolute Gasteiger partial charge is 0.274 e. The van der Waals surface area contributed by atoms with Gasteiger partial charge < -0.3 is 5.32 Å². The number of hydrogen-bond donors (Lipinski definition) is 2. The number of imidazole rings is 1. The molecular formula is C18H13F2N7O. The van der Waals surface area contributed by atoms with Crippen molar-refractivity contribution in [3.63, 3.8) is 0 Å². The van der Waals surface area contributed by atoms with Crippen molar-refractivity contribution in [2.45, 2.75) is 6.92 Å². The van der Waals surface area contributed by atoms with Gasteiger partial charge in [0.1, 0.15) is 41.1 Å². The fraction of sp³-hybridized carbons (Fsp3) is 0.0556. The summed E-state index contributed by atoms with van der Waals surface area (Å²) in [5.74, 6) is -0.438. The molecule has 8 nitrogen and oxygen atoms in total. The molecule has 0 atom stereocenters. The highest BCUT2D eigenvalue weighted by Gasteiger charge is 2.15. The zero-order valence-electron chi connectivity index (χ0n) is 14.5. The Morgan fingerprint density at radius 3 is 2.75 bits per heavy atom. The van der Waals surface area contributed by atoms with Gasteiger partial charge >= 0.3 is 0 Å². The molecule has 4 rings (SSSR count). The van der Waals surface area contributed by atoms with Gasteiger partial charge in [0.15, 0.2) is 0 Å². The van der Waals surface area contributed by atoms with Crippen LogP contribution in [0, 0.1) is 18.6 Å². The molecule has 0 spiro atoms. The molecule has 28 heavy (non-hydrogen) atoms. The van der Waals surface area contributed by atoms with Crippen molar-refractivity contribution < 1.29 is 13.6 Å². The summed E-state index contributed by atoms with van der Waals surface area (Å²) in [7, 11) is 0. The van der Waals surface area contributed by atoms with E-state index < -0.39 is 17.5 Å². The van der Waals surface area contributed by atoms with E-state index in [9.17, 15) is 13.6 Å². The van der Waals surface area contributed by atoms with Crippen LogP contribution in [0.3, 0.4) is 0 Å². The molecule has 0 radical (unpaired) electrons. The Bertz CT molecular complexity index is 1170. The molecule has 0 aliphatic rings. The van der Waals surface area contributed by atoms with E-state index in [4.69, 9.17) is 0 Å². The predicted octanol–water partition coefficient (Wildman–Crippen LogP) is 2.89. The van der Waals surface area contributed by atoms with E-state index >= 15 is 0 Å². The van der Waals surface area contributed by atoms with Crippen LogP contribution in [-0.2, 0) is 0 Å². The number of amides is 1. The van der Waals surface area contributed by atoms with Crippen LogP contribution in [0.15, 0.2) is 49.1 Å². The lowest BCUT2D eigenvalue weighted by Gasteiger charge is -2.06. The fourth-order valence-corrected chi connectivity index (χ4v) is 2.62. The summed E-state index contributed by atoms with van der Waals surface area (Å²) in [6.07, 6.45) is 4.69. The third-order valence-corrected chi connectivity index (χ3v) is 4.00. The van der Waals surface area contributed by atoms with Gasteiger partial charge in [0, 0.05) is 30.1 Å². The SMILES string of the molecule is Cc1nccn1-c1cc(NC(=O)c2cc(-c3ccc(F)cc3F)n[nH]2)ncn1. The molecule has 3 heterocycles. The van der Waals surface area contributed by atoms with E-state index in [-0.39, 0.29) is 22.8 Å². The average molecular weight is 381 g/mol. The van der Waals surface area contributed by atoms with Gasteiger partial charge in [-0.15, -0.1) is 0 Å². The highest BCUT2D eigenvalue weighted by Crippen LogP contribution is 2.22. The number of rotatable bonds is 4. The summed E-state index contributed by atoms with van der Waals surface area (Å²) >= 11 is 0. The van der Waals surface area contributed by atoms with Gasteiger partial charge in [-0.3, -0.25) is 14.5 Å². The minimum Gasteiger partial charge on any atom is -0.305 e. The second-order valence-electron chi connectivity index (χ2n) is 5.85. The minimum atomic E-state index is -0.769. The summed E-state index contributed by atoms with van der Waals surface area (Å²) in [6, 6.07) is 6.08. The first-order valence-corrected chi connectivity index (χ1v) is 8.16. The minimum absolute atomic E-state index is 0.0802. The summed E-state index contributed by atoms with van der Waals surface area (Å²) in [5, 5.41) is 9.07. The second kappa shape index (κ2) is 6.99. The molecule has 140 valence electrons. The first-order valence-electron chi connectivity index (χ1n) is 8.16. The first kappa shape index (κ1) is 17.5. The van der Waals surface area contributed by atoms with Crippen molar-refractivity contribution in [1.82, 2.24) is 29.7 Å². The predicted molar refractivity (Wildman–Crippen MR) is 95.8 cm³/mol. The Labute approximate surface area is 157 Å². The Balaban J connectivity index is 1.55. The molecule has 0 saturated carbocycles. The number of nitrogens with one attached hydrogen (secondary N) is 2. The van der Waals surface area contributed by atoms with Crippen molar-refractivity contribution >= 4 is 11.7 Å². The standard InChI is InChI=1S/C18H13F2N7O/c1-10-21-4-5-27(10)17-8-16(22-9-23-17)24-18(28)15-7-14(25-26-15)12-3-2-11(19)6-13(12)20/h2-9H,1H3,(H,25,26)(H,22,23,24,28). The van der Waals surface area contributed by atoms with Crippen LogP contribution in [0.1, 0.15) is 16.3 Å². The number of aromatic amines is 1. The van der Waals surface area contributed by atoms with Crippen LogP contribution in [0.2, 0.25) is 0 Å². The molecule has 0 saturated heterocycles. The highest BCUT2D eigenvalue weighted by molar-refractivity contribution is 6.03. The quantitative estimate of drug-likeness (QED) is 0.566. The molecule has 10 heteroatoms. The average Bonchev–Trinajstić information content (AvgIpc) is 3.31. The van der Waals surface area contributed by atoms with Gasteiger partial charge in [-0.2, -0.15) is 5.10 Å². The number of aromatic nitrogens is 6. The van der Waals surface area contributed by atoms with Crippen LogP contribution in [0.5, 0.6) is 0 Å². The maximum atomic E-state index is 13.9. The fourth-order valence-electron chi connectivity index (χ4n) is 2.62. The Kier molecular flexibility index (Phi) is 4.36. The van der Waals surface area contributed by atoms with E-state index in [1.165, 1.54) is 18.5 Å². The normalized spacial score (nSPS) is 10.8. The summed E-state index contributed by atoms with van der Waals surface area (Å²) < 4.78 is 28.7. The number of H-pyrrole nitrogens is 1. The molecule has 1 aromatic carbocycles. The van der Waals surface area contributed by atoms with Gasteiger partial charge in [0.25, 0.3) is 5.91 Å². The van der Waals surface area contributed by atoms with E-state index in [1.807, 2.05) is 6.92 Å². The number of benzene rings is 1. The lowest BCUT2D eigenvalue weighted by Crippen LogP contribution is -2.14. The van der Waals surface area contributed by atoms with E-state index in [1.54, 1.807) is 23.0 Å². The molecule has 2 N–H and O–H groups in total. The number of hydrogen-bond acceptors (Lipinski definition) is 5. The maximum absolute atomic E-state index is 13.9. The second-order valence-corrected chi connectivity index (χ2v) is 5.85. The number of aryl methyl sites for hydroxylation is 1. The molecule has 0 bridgehead atoms. The van der Waals surface area contributed by atoms with Gasteiger partial charge in [0.05, 0.1) is 5.69 Å². The summed E-state index contributed by atoms with van der Waals surface area (Å²) in [4.78, 5) is 24.7. The number of nitrogens with zero attached hydrogens (tertiary/aromatic N) is 5. The van der Waals surface area contributed by atoms with E-state index in [0.29, 0.717) is 5.82 Å². The van der Waals surface area contributed by atoms with Gasteiger partial charge in [-0.05, 0) is 25.1 Å². The molecular weight excluding hydrogens is 368 g/mol. The molecule has 0 unspecified atom stereocenters. The van der Waals surface area contributed by atoms with E-state index in [2.05, 4.69) is 30.5 Å². The lowest BCUT2D eigenvalue weighted by molar-refractivity contribution is 0.102. The molecule has 1 amide bonds. The largest absolute Gasteiger partial charge is 0.305 e. The molecule has 3 aromatic heterocycles. The van der Waals surface area contributed by atoms with Crippen LogP contribution in [-0.4, -0.2) is 35.6 Å². The third-order valence-electron chi connectivity index (χ3n) is 4.00. The Morgan fingerprint density at radius 2 is 2.00 bits per heavy atom. The lowest BCUT2D eigenvalue weighted by atomic mass is 10.1. The van der Waals surface area contributed by atoms with Gasteiger partial charge in [0.2, 0.25) is 0 Å². The van der Waals surface area contributed by atoms with Crippen molar-refractivity contribution in [2.75, 3.05) is 5.32 Å². The first-order chi connectivity index (χ1) is 13.5. The summed E-state index contributed by atoms with van der Waals surface area (Å²) in [6.45, 7) is 1.82. The van der Waals surface area contributed by atoms with Crippen LogP contribution in [0.25, 0.3) is 17.1 Å². The van der Waals surface area contributed by atoms with Crippen molar-refractivity contribution in [3.8, 4) is 17.1 Å². The molecule has 0 aliphatic carbocycles. The van der Waals surface area contributed by atoms with Crippen molar-refractivity contribution in [2.24, 2.45) is 0 Å².